The minimum Gasteiger partial charge on any atom is -0.243 e. The summed E-state index contributed by atoms with van der Waals surface area (Å²) in [6, 6.07) is 0. The van der Waals surface area contributed by atoms with Gasteiger partial charge in [-0.15, -0.1) is 0 Å². The van der Waals surface area contributed by atoms with E-state index < -0.39 is 6.17 Å². The average Bonchev–Trinajstić information content (AvgIpc) is 2.33. The maximum absolute atomic E-state index is 12.7. The van der Waals surface area contributed by atoms with Crippen molar-refractivity contribution in [1.82, 2.24) is 0 Å². The molecule has 0 aliphatic heterocycles. The van der Waals surface area contributed by atoms with Gasteiger partial charge in [-0.1, -0.05) is 17.7 Å². The second-order valence-corrected chi connectivity index (χ2v) is 3.06. The van der Waals surface area contributed by atoms with E-state index in [2.05, 4.69) is 0 Å². The van der Waals surface area contributed by atoms with Crippen molar-refractivity contribution in [2.75, 3.05) is 0 Å². The molecule has 0 saturated heterocycles. The second-order valence-electron chi connectivity index (χ2n) is 3.06. The van der Waals surface area contributed by atoms with Crippen molar-refractivity contribution in [1.29, 1.82) is 0 Å². The quantitative estimate of drug-likeness (QED) is 0.483. The van der Waals surface area contributed by atoms with Crippen LogP contribution >= 0.6 is 0 Å². The Morgan fingerprint density at radius 3 is 3.20 bits per heavy atom. The fourth-order valence-corrected chi connectivity index (χ4v) is 1.79. The van der Waals surface area contributed by atoms with Gasteiger partial charge in [0.25, 0.3) is 0 Å². The van der Waals surface area contributed by atoms with Crippen molar-refractivity contribution in [2.45, 2.75) is 31.9 Å². The monoisotopic (exact) mass is 138 g/mol. The van der Waals surface area contributed by atoms with Crippen molar-refractivity contribution >= 4 is 0 Å². The summed E-state index contributed by atoms with van der Waals surface area (Å²) in [5.41, 5.74) is 2.78. The van der Waals surface area contributed by atoms with Gasteiger partial charge in [-0.25, -0.2) is 4.39 Å². The molecule has 0 spiro atoms. The van der Waals surface area contributed by atoms with Crippen LogP contribution in [0.5, 0.6) is 0 Å². The highest BCUT2D eigenvalue weighted by Crippen LogP contribution is 2.33. The number of rotatable bonds is 0. The van der Waals surface area contributed by atoms with E-state index in [1.165, 1.54) is 24.0 Å². The molecular formula is C9H11F. The lowest BCUT2D eigenvalue weighted by molar-refractivity contribution is 0.392. The van der Waals surface area contributed by atoms with Crippen LogP contribution in [0.25, 0.3) is 0 Å². The molecule has 2 aliphatic rings. The number of hydrogen-bond donors (Lipinski definition) is 0. The molecule has 0 N–H and O–H groups in total. The lowest BCUT2D eigenvalue weighted by Gasteiger charge is -2.10. The Bertz CT molecular complexity index is 201. The van der Waals surface area contributed by atoms with Crippen LogP contribution < -0.4 is 0 Å². The minimum atomic E-state index is -0.697. The standard InChI is InChI=1S/C9H11F/c10-9-5-4-7-2-1-3-8(7)6-9/h4-5,9H,1-3,6H2. The van der Waals surface area contributed by atoms with Gasteiger partial charge in [0.1, 0.15) is 6.17 Å². The largest absolute Gasteiger partial charge is 0.243 e. The normalized spacial score (nSPS) is 31.1. The third kappa shape index (κ3) is 0.898. The molecule has 0 aromatic rings. The number of allylic oxidation sites excluding steroid dienone is 4. The van der Waals surface area contributed by atoms with Crippen LogP contribution in [0.1, 0.15) is 25.7 Å². The molecule has 1 heteroatoms. The lowest BCUT2D eigenvalue weighted by atomic mass is 9.99. The summed E-state index contributed by atoms with van der Waals surface area (Å²) in [6.45, 7) is 0. The Morgan fingerprint density at radius 1 is 1.40 bits per heavy atom. The Labute approximate surface area is 60.4 Å². The lowest BCUT2D eigenvalue weighted by Crippen LogP contribution is -2.01. The maximum Gasteiger partial charge on any atom is 0.122 e. The summed E-state index contributed by atoms with van der Waals surface area (Å²) in [4.78, 5) is 0. The minimum absolute atomic E-state index is 0.672. The van der Waals surface area contributed by atoms with E-state index in [9.17, 15) is 4.39 Å². The first-order valence-corrected chi connectivity index (χ1v) is 3.89. The van der Waals surface area contributed by atoms with Gasteiger partial charge in [-0.05, 0) is 24.8 Å². The molecule has 0 fully saturated rings. The first-order valence-electron chi connectivity index (χ1n) is 3.89. The molecule has 0 heterocycles. The maximum atomic E-state index is 12.7. The van der Waals surface area contributed by atoms with Crippen LogP contribution in [0.3, 0.4) is 0 Å². The fraction of sp³-hybridized carbons (Fsp3) is 0.556. The molecule has 0 radical (unpaired) electrons. The molecular weight excluding hydrogens is 127 g/mol. The zero-order chi connectivity index (χ0) is 6.97. The summed E-state index contributed by atoms with van der Waals surface area (Å²) >= 11 is 0. The van der Waals surface area contributed by atoms with Gasteiger partial charge in [0.2, 0.25) is 0 Å². The molecule has 1 unspecified atom stereocenters. The summed E-state index contributed by atoms with van der Waals surface area (Å²) in [6.07, 6.45) is 7.18. The molecule has 0 aromatic carbocycles. The molecule has 0 bridgehead atoms. The molecule has 0 nitrogen and oxygen atoms in total. The molecule has 1 atom stereocenters. The highest BCUT2D eigenvalue weighted by molar-refractivity contribution is 5.34. The summed E-state index contributed by atoms with van der Waals surface area (Å²) in [5.74, 6) is 0. The predicted molar refractivity (Wildman–Crippen MR) is 39.5 cm³/mol. The van der Waals surface area contributed by atoms with Gasteiger partial charge in [-0.2, -0.15) is 0 Å². The topological polar surface area (TPSA) is 0 Å². The van der Waals surface area contributed by atoms with Crippen molar-refractivity contribution in [3.05, 3.63) is 23.3 Å². The Kier molecular flexibility index (Phi) is 1.37. The van der Waals surface area contributed by atoms with Crippen LogP contribution in [0, 0.1) is 0 Å². The molecule has 2 rings (SSSR count). The van der Waals surface area contributed by atoms with E-state index in [1.807, 2.05) is 6.08 Å². The Balaban J connectivity index is 2.22. The van der Waals surface area contributed by atoms with Gasteiger partial charge in [0.05, 0.1) is 0 Å². The van der Waals surface area contributed by atoms with E-state index in [-0.39, 0.29) is 0 Å². The zero-order valence-electron chi connectivity index (χ0n) is 5.94. The molecule has 0 saturated carbocycles. The number of alkyl halides is 1. The second kappa shape index (κ2) is 2.22. The Hall–Kier alpha value is -0.590. The van der Waals surface area contributed by atoms with E-state index in [4.69, 9.17) is 0 Å². The van der Waals surface area contributed by atoms with Gasteiger partial charge in [0, 0.05) is 6.42 Å². The smallest absolute Gasteiger partial charge is 0.122 e. The fourth-order valence-electron chi connectivity index (χ4n) is 1.79. The highest BCUT2D eigenvalue weighted by atomic mass is 19.1. The van der Waals surface area contributed by atoms with Gasteiger partial charge in [0.15, 0.2) is 0 Å². The van der Waals surface area contributed by atoms with Crippen molar-refractivity contribution < 1.29 is 4.39 Å². The molecule has 0 aromatic heterocycles. The van der Waals surface area contributed by atoms with Crippen molar-refractivity contribution in [3.63, 3.8) is 0 Å². The Morgan fingerprint density at radius 2 is 2.30 bits per heavy atom. The van der Waals surface area contributed by atoms with Crippen LogP contribution in [0.15, 0.2) is 23.3 Å². The zero-order valence-corrected chi connectivity index (χ0v) is 5.94. The summed E-state index contributed by atoms with van der Waals surface area (Å²) in [5, 5.41) is 0. The van der Waals surface area contributed by atoms with Crippen LogP contribution in [-0.4, -0.2) is 6.17 Å². The van der Waals surface area contributed by atoms with Crippen LogP contribution in [0.4, 0.5) is 4.39 Å². The van der Waals surface area contributed by atoms with Gasteiger partial charge >= 0.3 is 0 Å². The van der Waals surface area contributed by atoms with Crippen molar-refractivity contribution in [3.8, 4) is 0 Å². The molecule has 54 valence electrons. The predicted octanol–water partition coefficient (Wildman–Crippen LogP) is 2.76. The number of halogens is 1. The van der Waals surface area contributed by atoms with E-state index in [1.54, 1.807) is 6.08 Å². The first kappa shape index (κ1) is 6.14. The summed E-state index contributed by atoms with van der Waals surface area (Å²) in [7, 11) is 0. The van der Waals surface area contributed by atoms with Gasteiger partial charge in [-0.3, -0.25) is 0 Å². The van der Waals surface area contributed by atoms with E-state index in [0.717, 1.165) is 6.42 Å². The highest BCUT2D eigenvalue weighted by Gasteiger charge is 2.18. The average molecular weight is 138 g/mol. The van der Waals surface area contributed by atoms with Crippen LogP contribution in [0.2, 0.25) is 0 Å². The van der Waals surface area contributed by atoms with Crippen LogP contribution in [-0.2, 0) is 0 Å². The SMILES string of the molecule is FC1C=CC2=C(CCC2)C1. The summed E-state index contributed by atoms with van der Waals surface area (Å²) < 4.78 is 12.7. The van der Waals surface area contributed by atoms with Gasteiger partial charge < -0.3 is 0 Å². The molecule has 0 amide bonds. The number of hydrogen-bond acceptors (Lipinski definition) is 0. The molecule has 10 heavy (non-hydrogen) atoms. The third-order valence-corrected chi connectivity index (χ3v) is 2.33. The van der Waals surface area contributed by atoms with E-state index in [0.29, 0.717) is 6.42 Å². The van der Waals surface area contributed by atoms with Crippen molar-refractivity contribution in [2.24, 2.45) is 0 Å². The first-order chi connectivity index (χ1) is 4.86. The molecule has 2 aliphatic carbocycles. The third-order valence-electron chi connectivity index (χ3n) is 2.33. The van der Waals surface area contributed by atoms with E-state index >= 15 is 0 Å².